The van der Waals surface area contributed by atoms with Gasteiger partial charge in [0.1, 0.15) is 18.4 Å². The molecule has 0 bridgehead atoms. The quantitative estimate of drug-likeness (QED) is 0.451. The summed E-state index contributed by atoms with van der Waals surface area (Å²) in [6.07, 6.45) is 3.88. The maximum atomic E-state index is 11.5. The van der Waals surface area contributed by atoms with E-state index in [1.54, 1.807) is 13.0 Å². The van der Waals surface area contributed by atoms with Crippen molar-refractivity contribution in [2.45, 2.75) is 13.0 Å². The second-order valence-corrected chi connectivity index (χ2v) is 3.15. The van der Waals surface area contributed by atoms with E-state index < -0.39 is 11.0 Å². The number of hydrogen-bond donors (Lipinski definition) is 1. The molecular formula is C9H12N4O3. The SMILES string of the molecule is C=CCNC(=O)C(C)n1cc([N+](=O)[O-])cn1. The summed E-state index contributed by atoms with van der Waals surface area (Å²) in [5.74, 6) is -0.266. The normalized spacial score (nSPS) is 11.8. The molecule has 0 aliphatic heterocycles. The monoisotopic (exact) mass is 224 g/mol. The Balaban J connectivity index is 2.71. The molecule has 0 aliphatic carbocycles. The summed E-state index contributed by atoms with van der Waals surface area (Å²) in [6.45, 7) is 5.43. The van der Waals surface area contributed by atoms with Crippen LogP contribution >= 0.6 is 0 Å². The molecule has 1 aromatic heterocycles. The molecule has 1 aromatic rings. The maximum Gasteiger partial charge on any atom is 0.307 e. The van der Waals surface area contributed by atoms with Gasteiger partial charge in [-0.15, -0.1) is 6.58 Å². The van der Waals surface area contributed by atoms with Gasteiger partial charge in [-0.25, -0.2) is 0 Å². The molecule has 1 amide bonds. The van der Waals surface area contributed by atoms with Crippen molar-refractivity contribution < 1.29 is 9.72 Å². The Kier molecular flexibility index (Phi) is 3.76. The number of carbonyl (C=O) groups excluding carboxylic acids is 1. The summed E-state index contributed by atoms with van der Waals surface area (Å²) >= 11 is 0. The number of carbonyl (C=O) groups is 1. The molecule has 0 spiro atoms. The van der Waals surface area contributed by atoms with Crippen molar-refractivity contribution in [3.63, 3.8) is 0 Å². The second kappa shape index (κ2) is 5.06. The molecular weight excluding hydrogens is 212 g/mol. The fraction of sp³-hybridized carbons (Fsp3) is 0.333. The number of nitrogens with zero attached hydrogens (tertiary/aromatic N) is 3. The first-order valence-corrected chi connectivity index (χ1v) is 4.63. The maximum absolute atomic E-state index is 11.5. The number of aromatic nitrogens is 2. The Hall–Kier alpha value is -2.18. The van der Waals surface area contributed by atoms with E-state index in [1.165, 1.54) is 10.9 Å². The van der Waals surface area contributed by atoms with Gasteiger partial charge in [0.15, 0.2) is 0 Å². The smallest absolute Gasteiger partial charge is 0.307 e. The van der Waals surface area contributed by atoms with Gasteiger partial charge in [0.05, 0.1) is 4.92 Å². The van der Waals surface area contributed by atoms with Crippen LogP contribution in [0.25, 0.3) is 0 Å². The van der Waals surface area contributed by atoms with Crippen molar-refractivity contribution in [3.8, 4) is 0 Å². The van der Waals surface area contributed by atoms with Gasteiger partial charge in [-0.2, -0.15) is 5.10 Å². The first-order valence-electron chi connectivity index (χ1n) is 4.63. The highest BCUT2D eigenvalue weighted by molar-refractivity contribution is 5.79. The molecule has 0 aliphatic rings. The molecule has 7 heteroatoms. The van der Waals surface area contributed by atoms with E-state index >= 15 is 0 Å². The van der Waals surface area contributed by atoms with Crippen LogP contribution in [0.2, 0.25) is 0 Å². The van der Waals surface area contributed by atoms with Gasteiger partial charge in [-0.1, -0.05) is 6.08 Å². The summed E-state index contributed by atoms with van der Waals surface area (Å²) < 4.78 is 1.25. The highest BCUT2D eigenvalue weighted by Gasteiger charge is 2.18. The van der Waals surface area contributed by atoms with Crippen molar-refractivity contribution in [1.29, 1.82) is 0 Å². The zero-order chi connectivity index (χ0) is 12.1. The predicted octanol–water partition coefficient (Wildman–Crippen LogP) is 0.654. The molecule has 1 unspecified atom stereocenters. The van der Waals surface area contributed by atoms with Gasteiger partial charge in [0.2, 0.25) is 5.91 Å². The van der Waals surface area contributed by atoms with Crippen molar-refractivity contribution in [1.82, 2.24) is 15.1 Å². The van der Waals surface area contributed by atoms with E-state index in [0.29, 0.717) is 6.54 Å². The Labute approximate surface area is 91.9 Å². The molecule has 7 nitrogen and oxygen atoms in total. The Morgan fingerprint density at radius 3 is 3.06 bits per heavy atom. The van der Waals surface area contributed by atoms with E-state index in [1.807, 2.05) is 0 Å². The summed E-state index contributed by atoms with van der Waals surface area (Å²) in [4.78, 5) is 21.4. The highest BCUT2D eigenvalue weighted by Crippen LogP contribution is 2.12. The van der Waals surface area contributed by atoms with Gasteiger partial charge < -0.3 is 5.32 Å². The average molecular weight is 224 g/mol. The third kappa shape index (κ3) is 2.66. The van der Waals surface area contributed by atoms with Gasteiger partial charge in [0.25, 0.3) is 0 Å². The van der Waals surface area contributed by atoms with Crippen LogP contribution in [0.5, 0.6) is 0 Å². The topological polar surface area (TPSA) is 90.1 Å². The van der Waals surface area contributed by atoms with E-state index in [9.17, 15) is 14.9 Å². The Bertz CT molecular complexity index is 413. The minimum Gasteiger partial charge on any atom is -0.351 e. The largest absolute Gasteiger partial charge is 0.351 e. The molecule has 1 N–H and O–H groups in total. The third-order valence-electron chi connectivity index (χ3n) is 2.00. The summed E-state index contributed by atoms with van der Waals surface area (Å²) in [5.41, 5.74) is -0.136. The Morgan fingerprint density at radius 2 is 2.56 bits per heavy atom. The molecule has 16 heavy (non-hydrogen) atoms. The molecule has 0 aromatic carbocycles. The number of rotatable bonds is 5. The first-order chi connectivity index (χ1) is 7.56. The summed E-state index contributed by atoms with van der Waals surface area (Å²) in [5, 5.41) is 16.8. The molecule has 0 saturated carbocycles. The zero-order valence-corrected chi connectivity index (χ0v) is 8.79. The van der Waals surface area contributed by atoms with Crippen LogP contribution in [-0.2, 0) is 4.79 Å². The molecule has 86 valence electrons. The number of amides is 1. The number of hydrogen-bond acceptors (Lipinski definition) is 4. The number of nitro groups is 1. The Morgan fingerprint density at radius 1 is 1.88 bits per heavy atom. The van der Waals surface area contributed by atoms with E-state index in [0.717, 1.165) is 6.20 Å². The van der Waals surface area contributed by atoms with Gasteiger partial charge in [0, 0.05) is 6.54 Å². The van der Waals surface area contributed by atoms with Crippen LogP contribution in [0.3, 0.4) is 0 Å². The third-order valence-corrected chi connectivity index (χ3v) is 2.00. The molecule has 0 saturated heterocycles. The predicted molar refractivity (Wildman–Crippen MR) is 56.8 cm³/mol. The van der Waals surface area contributed by atoms with Crippen molar-refractivity contribution in [2.24, 2.45) is 0 Å². The summed E-state index contributed by atoms with van der Waals surface area (Å²) in [7, 11) is 0. The van der Waals surface area contributed by atoms with Gasteiger partial charge >= 0.3 is 5.69 Å². The van der Waals surface area contributed by atoms with Crippen LogP contribution in [-0.4, -0.2) is 27.2 Å². The minimum absolute atomic E-state index is 0.136. The lowest BCUT2D eigenvalue weighted by molar-refractivity contribution is -0.385. The fourth-order valence-electron chi connectivity index (χ4n) is 1.07. The lowest BCUT2D eigenvalue weighted by Gasteiger charge is -2.10. The zero-order valence-electron chi connectivity index (χ0n) is 8.79. The van der Waals surface area contributed by atoms with Gasteiger partial charge in [-0.3, -0.25) is 19.6 Å². The van der Waals surface area contributed by atoms with Crippen LogP contribution in [0.15, 0.2) is 25.0 Å². The van der Waals surface area contributed by atoms with E-state index in [4.69, 9.17) is 0 Å². The lowest BCUT2D eigenvalue weighted by atomic mass is 10.3. The van der Waals surface area contributed by atoms with Crippen molar-refractivity contribution in [2.75, 3.05) is 6.54 Å². The summed E-state index contributed by atoms with van der Waals surface area (Å²) in [6, 6.07) is -0.589. The molecule has 0 fully saturated rings. The molecule has 1 rings (SSSR count). The fourth-order valence-corrected chi connectivity index (χ4v) is 1.07. The standard InChI is InChI=1S/C9H12N4O3/c1-3-4-10-9(14)7(2)12-6-8(5-11-12)13(15)16/h3,5-7H,1,4H2,2H3,(H,10,14). The molecule has 0 radical (unpaired) electrons. The van der Waals surface area contributed by atoms with Crippen molar-refractivity contribution in [3.05, 3.63) is 35.2 Å². The minimum atomic E-state index is -0.589. The molecule has 1 atom stereocenters. The lowest BCUT2D eigenvalue weighted by Crippen LogP contribution is -2.31. The van der Waals surface area contributed by atoms with Crippen molar-refractivity contribution >= 4 is 11.6 Å². The average Bonchev–Trinajstić information content (AvgIpc) is 2.74. The van der Waals surface area contributed by atoms with Crippen LogP contribution < -0.4 is 5.32 Å². The first kappa shape index (κ1) is 11.9. The molecule has 1 heterocycles. The number of nitrogens with one attached hydrogen (secondary N) is 1. The van der Waals surface area contributed by atoms with Crippen LogP contribution in [0.1, 0.15) is 13.0 Å². The second-order valence-electron chi connectivity index (χ2n) is 3.15. The van der Waals surface area contributed by atoms with E-state index in [2.05, 4.69) is 17.0 Å². The van der Waals surface area contributed by atoms with Gasteiger partial charge in [-0.05, 0) is 6.92 Å². The van der Waals surface area contributed by atoms with E-state index in [-0.39, 0.29) is 11.6 Å². The van der Waals surface area contributed by atoms with Crippen LogP contribution in [0.4, 0.5) is 5.69 Å². The van der Waals surface area contributed by atoms with Crippen LogP contribution in [0, 0.1) is 10.1 Å². The highest BCUT2D eigenvalue weighted by atomic mass is 16.6.